The summed E-state index contributed by atoms with van der Waals surface area (Å²) in [5.74, 6) is 0. The van der Waals surface area contributed by atoms with Gasteiger partial charge < -0.3 is 28.4 Å². The largest absolute Gasteiger partial charge is 0.456 e. The highest BCUT2D eigenvalue weighted by molar-refractivity contribution is 7.03. The lowest BCUT2D eigenvalue weighted by molar-refractivity contribution is 0.669. The van der Waals surface area contributed by atoms with Crippen LogP contribution in [-0.2, 0) is 0 Å². The first-order chi connectivity index (χ1) is 44.7. The van der Waals surface area contributed by atoms with Crippen LogP contribution in [0.5, 0.6) is 0 Å². The standard InChI is InChI=1S/C82H50B2N4O2/c1-6-25-51(26-7-1)58-38-24-39-59(52-27-8-2-9-28-52)80(58)88-69-48-68-64(47-65(69)84-63-41-20-21-42-66(63)86(56-33-12-4-13-34-56)81-76-60-37-18-23-44-72(60)89-74(76)50-71(88)79(81)84)83-62-40-19-22-43-67(62)87(57-35-14-5-15-36-57)82-77-61-45-53-29-16-17-30-54(53)46-73(61)90-75(77)49-70(78(82)83)85(68)55-31-10-3-11-32-55/h1-50H. The van der Waals surface area contributed by atoms with Crippen LogP contribution in [0.25, 0.3) is 76.9 Å². The van der Waals surface area contributed by atoms with Crippen LogP contribution in [0.15, 0.2) is 312 Å². The molecule has 2 aromatic heterocycles. The first-order valence-electron chi connectivity index (χ1n) is 31.1. The van der Waals surface area contributed by atoms with E-state index in [2.05, 4.69) is 323 Å². The Morgan fingerprint density at radius 3 is 1.24 bits per heavy atom. The average molecular weight is 1140 g/mol. The van der Waals surface area contributed by atoms with Gasteiger partial charge in [0.2, 0.25) is 0 Å². The van der Waals surface area contributed by atoms with Gasteiger partial charge in [-0.15, -0.1) is 0 Å². The summed E-state index contributed by atoms with van der Waals surface area (Å²) >= 11 is 0. The van der Waals surface area contributed by atoms with Crippen molar-refractivity contribution >= 4 is 169 Å². The molecule has 4 aliphatic rings. The van der Waals surface area contributed by atoms with E-state index in [9.17, 15) is 0 Å². The number of rotatable bonds is 6. The Morgan fingerprint density at radius 1 is 0.244 bits per heavy atom. The number of furan rings is 2. The number of hydrogen-bond donors (Lipinski definition) is 0. The van der Waals surface area contributed by atoms with Gasteiger partial charge >= 0.3 is 0 Å². The highest BCUT2D eigenvalue weighted by Gasteiger charge is 2.50. The molecule has 8 heteroatoms. The highest BCUT2D eigenvalue weighted by atomic mass is 16.3. The van der Waals surface area contributed by atoms with Gasteiger partial charge in [0, 0.05) is 85.2 Å². The third-order valence-electron chi connectivity index (χ3n) is 19.5. The third kappa shape index (κ3) is 6.90. The maximum atomic E-state index is 7.29. The predicted octanol–water partition coefficient (Wildman–Crippen LogP) is 18.1. The number of anilines is 12. The van der Waals surface area contributed by atoms with Crippen LogP contribution in [0.3, 0.4) is 0 Å². The minimum absolute atomic E-state index is 0.216. The van der Waals surface area contributed by atoms with Gasteiger partial charge in [-0.05, 0) is 127 Å². The van der Waals surface area contributed by atoms with Crippen LogP contribution in [0.4, 0.5) is 68.2 Å². The summed E-state index contributed by atoms with van der Waals surface area (Å²) in [6.07, 6.45) is 0. The van der Waals surface area contributed by atoms with Crippen molar-refractivity contribution in [2.75, 3.05) is 19.6 Å². The molecule has 0 saturated carbocycles. The van der Waals surface area contributed by atoms with Crippen LogP contribution < -0.4 is 52.4 Å². The molecule has 6 nitrogen and oxygen atoms in total. The molecular weight excluding hydrogens is 1090 g/mol. The fraction of sp³-hybridized carbons (Fsp3) is 0. The summed E-state index contributed by atoms with van der Waals surface area (Å²) in [6.45, 7) is -0.448. The molecule has 0 amide bonds. The van der Waals surface area contributed by atoms with Gasteiger partial charge in [0.15, 0.2) is 0 Å². The molecule has 0 N–H and O–H groups in total. The summed E-state index contributed by atoms with van der Waals surface area (Å²) in [4.78, 5) is 10.2. The normalized spacial score (nSPS) is 13.4. The number of para-hydroxylation sites is 7. The maximum Gasteiger partial charge on any atom is 0.252 e. The first kappa shape index (κ1) is 49.4. The van der Waals surface area contributed by atoms with E-state index >= 15 is 0 Å². The Balaban J connectivity index is 0.977. The monoisotopic (exact) mass is 1140 g/mol. The van der Waals surface area contributed by atoms with E-state index in [1.807, 2.05) is 0 Å². The second-order valence-corrected chi connectivity index (χ2v) is 24.2. The molecule has 0 unspecified atom stereocenters. The average Bonchev–Trinajstić information content (AvgIpc) is 1.02. The second-order valence-electron chi connectivity index (χ2n) is 24.2. The molecule has 20 rings (SSSR count). The fourth-order valence-corrected chi connectivity index (χ4v) is 15.9. The zero-order chi connectivity index (χ0) is 58.7. The van der Waals surface area contributed by atoms with E-state index < -0.39 is 0 Å². The van der Waals surface area contributed by atoms with Crippen molar-refractivity contribution in [2.24, 2.45) is 0 Å². The summed E-state index contributed by atoms with van der Waals surface area (Å²) in [7, 11) is 0. The molecule has 90 heavy (non-hydrogen) atoms. The molecule has 0 fully saturated rings. The van der Waals surface area contributed by atoms with Crippen molar-refractivity contribution in [3.8, 4) is 22.3 Å². The molecular formula is C82H50B2N4O2. The Hall–Kier alpha value is -11.7. The summed E-state index contributed by atoms with van der Waals surface area (Å²) in [5, 5.41) is 6.68. The smallest absolute Gasteiger partial charge is 0.252 e. The Kier molecular flexibility index (Phi) is 10.4. The maximum absolute atomic E-state index is 7.29. The molecule has 0 radical (unpaired) electrons. The number of nitrogens with zero attached hydrogens (tertiary/aromatic N) is 4. The van der Waals surface area contributed by atoms with Gasteiger partial charge in [0.05, 0.1) is 27.8 Å². The molecule has 0 aliphatic carbocycles. The third-order valence-corrected chi connectivity index (χ3v) is 19.5. The van der Waals surface area contributed by atoms with E-state index in [-0.39, 0.29) is 13.4 Å². The summed E-state index contributed by atoms with van der Waals surface area (Å²) in [5.41, 5.74) is 28.4. The van der Waals surface area contributed by atoms with Crippen molar-refractivity contribution in [3.05, 3.63) is 303 Å². The van der Waals surface area contributed by atoms with Crippen LogP contribution in [-0.4, -0.2) is 13.4 Å². The topological polar surface area (TPSA) is 39.2 Å². The summed E-state index contributed by atoms with van der Waals surface area (Å²) in [6, 6.07) is 112. The molecule has 4 aliphatic heterocycles. The van der Waals surface area contributed by atoms with E-state index in [1.54, 1.807) is 0 Å². The quantitative estimate of drug-likeness (QED) is 0.155. The molecule has 14 aromatic carbocycles. The number of fused-ring (bicyclic) bond motifs is 17. The zero-order valence-corrected chi connectivity index (χ0v) is 48.6. The molecule has 0 spiro atoms. The predicted molar refractivity (Wildman–Crippen MR) is 377 cm³/mol. The van der Waals surface area contributed by atoms with Crippen LogP contribution in [0, 0.1) is 0 Å². The lowest BCUT2D eigenvalue weighted by Crippen LogP contribution is -2.65. The van der Waals surface area contributed by atoms with Crippen LogP contribution in [0.2, 0.25) is 0 Å². The van der Waals surface area contributed by atoms with Crippen molar-refractivity contribution in [1.29, 1.82) is 0 Å². The summed E-state index contributed by atoms with van der Waals surface area (Å²) < 4.78 is 14.5. The van der Waals surface area contributed by atoms with E-state index in [0.717, 1.165) is 140 Å². The minimum Gasteiger partial charge on any atom is -0.456 e. The van der Waals surface area contributed by atoms with Crippen molar-refractivity contribution < 1.29 is 8.83 Å². The van der Waals surface area contributed by atoms with Gasteiger partial charge in [0.25, 0.3) is 13.4 Å². The Bertz CT molecular complexity index is 5600. The molecule has 416 valence electrons. The van der Waals surface area contributed by atoms with Crippen molar-refractivity contribution in [3.63, 3.8) is 0 Å². The molecule has 0 saturated heterocycles. The molecule has 0 bridgehead atoms. The van der Waals surface area contributed by atoms with Crippen LogP contribution in [0.1, 0.15) is 0 Å². The molecule has 16 aromatic rings. The second kappa shape index (κ2) is 18.9. The van der Waals surface area contributed by atoms with E-state index in [1.165, 1.54) is 38.2 Å². The fourth-order valence-electron chi connectivity index (χ4n) is 15.9. The van der Waals surface area contributed by atoms with Gasteiger partial charge in [-0.25, -0.2) is 0 Å². The van der Waals surface area contributed by atoms with Crippen molar-refractivity contribution in [1.82, 2.24) is 0 Å². The van der Waals surface area contributed by atoms with Gasteiger partial charge in [-0.2, -0.15) is 0 Å². The van der Waals surface area contributed by atoms with Gasteiger partial charge in [-0.1, -0.05) is 218 Å². The zero-order valence-electron chi connectivity index (χ0n) is 48.6. The minimum atomic E-state index is -0.232. The lowest BCUT2D eigenvalue weighted by atomic mass is 9.30. The van der Waals surface area contributed by atoms with E-state index in [4.69, 9.17) is 8.83 Å². The van der Waals surface area contributed by atoms with Crippen LogP contribution >= 0.6 is 0 Å². The van der Waals surface area contributed by atoms with Gasteiger partial charge in [-0.3, -0.25) is 0 Å². The Morgan fingerprint density at radius 2 is 0.678 bits per heavy atom. The van der Waals surface area contributed by atoms with E-state index in [0.29, 0.717) is 0 Å². The molecule has 6 heterocycles. The SMILES string of the molecule is c1ccc(-c2cccc(-c3ccccc3)c2N2c3cc4c(cc3B3c5ccccc5N(c5ccccc5)c5c3c2cc2oc3ccccc3c52)B2c3ccccc3N(c3ccccc3)c3c2c(cc2oc5cc6ccccc6cc5c32)N4c2ccccc2)cc1. The molecule has 0 atom stereocenters. The lowest BCUT2D eigenvalue weighted by Gasteiger charge is -2.47. The Labute approximate surface area is 520 Å². The van der Waals surface area contributed by atoms with Gasteiger partial charge in [0.1, 0.15) is 22.3 Å². The number of hydrogen-bond acceptors (Lipinski definition) is 6. The first-order valence-corrected chi connectivity index (χ1v) is 31.1. The highest BCUT2D eigenvalue weighted by Crippen LogP contribution is 2.56. The number of benzene rings is 14. The van der Waals surface area contributed by atoms with Crippen molar-refractivity contribution in [2.45, 2.75) is 0 Å².